The first-order valence-electron chi connectivity index (χ1n) is 3.49. The molecule has 0 bridgehead atoms. The summed E-state index contributed by atoms with van der Waals surface area (Å²) in [6.07, 6.45) is 0. The zero-order valence-electron chi connectivity index (χ0n) is 6.82. The van der Waals surface area contributed by atoms with Gasteiger partial charge in [-0.2, -0.15) is 0 Å². The van der Waals surface area contributed by atoms with Crippen molar-refractivity contribution in [3.05, 3.63) is 34.9 Å². The molecule has 3 heteroatoms. The van der Waals surface area contributed by atoms with Crippen molar-refractivity contribution in [3.63, 3.8) is 0 Å². The van der Waals surface area contributed by atoms with Crippen LogP contribution in [0.25, 0.3) is 0 Å². The Bertz CT molecular complexity index is 308. The maximum absolute atomic E-state index is 12.9. The fourth-order valence-corrected chi connectivity index (χ4v) is 1.04. The molecule has 0 aliphatic heterocycles. The zero-order valence-corrected chi connectivity index (χ0v) is 6.82. The summed E-state index contributed by atoms with van der Waals surface area (Å²) in [5.41, 5.74) is 0.00981. The lowest BCUT2D eigenvalue weighted by Crippen LogP contribution is -2.01. The first-order valence-corrected chi connectivity index (χ1v) is 3.49. The fourth-order valence-electron chi connectivity index (χ4n) is 1.04. The molecule has 0 spiro atoms. The first-order chi connectivity index (χ1) is 5.52. The predicted octanol–water partition coefficient (Wildman–Crippen LogP) is 2.48. The van der Waals surface area contributed by atoms with Gasteiger partial charge in [-0.1, -0.05) is 0 Å². The van der Waals surface area contributed by atoms with E-state index in [1.54, 1.807) is 6.92 Å². The standard InChI is InChI=1S/C9H8F2O/c1-5-3-7(10)9(6(2)12)8(11)4-5/h3-4H,1-2H3. The molecule has 12 heavy (non-hydrogen) atoms. The van der Waals surface area contributed by atoms with Crippen LogP contribution in [0.3, 0.4) is 0 Å². The van der Waals surface area contributed by atoms with Gasteiger partial charge in [0.05, 0.1) is 5.56 Å². The van der Waals surface area contributed by atoms with Crippen LogP contribution in [0.5, 0.6) is 0 Å². The Morgan fingerprint density at radius 3 is 2.00 bits per heavy atom. The van der Waals surface area contributed by atoms with E-state index >= 15 is 0 Å². The third-order valence-electron chi connectivity index (χ3n) is 1.54. The third kappa shape index (κ3) is 1.49. The Hall–Kier alpha value is -1.25. The third-order valence-corrected chi connectivity index (χ3v) is 1.54. The molecule has 0 amide bonds. The van der Waals surface area contributed by atoms with Crippen molar-refractivity contribution in [2.45, 2.75) is 13.8 Å². The number of rotatable bonds is 1. The van der Waals surface area contributed by atoms with Crippen molar-refractivity contribution in [2.24, 2.45) is 0 Å². The van der Waals surface area contributed by atoms with E-state index in [0.29, 0.717) is 5.56 Å². The molecule has 0 heterocycles. The SMILES string of the molecule is CC(=O)c1c(F)cc(C)cc1F. The van der Waals surface area contributed by atoms with Crippen LogP contribution in [0.4, 0.5) is 8.78 Å². The second kappa shape index (κ2) is 3.01. The van der Waals surface area contributed by atoms with E-state index in [1.165, 1.54) is 0 Å². The van der Waals surface area contributed by atoms with Crippen LogP contribution in [-0.4, -0.2) is 5.78 Å². The summed E-state index contributed by atoms with van der Waals surface area (Å²) in [7, 11) is 0. The predicted molar refractivity (Wildman–Crippen MR) is 41.1 cm³/mol. The molecule has 1 aromatic rings. The average Bonchev–Trinajstić information content (AvgIpc) is 1.82. The number of ketones is 1. The van der Waals surface area contributed by atoms with Gasteiger partial charge in [-0.3, -0.25) is 4.79 Å². The molecular formula is C9H8F2O. The van der Waals surface area contributed by atoms with Crippen molar-refractivity contribution >= 4 is 5.78 Å². The lowest BCUT2D eigenvalue weighted by atomic mass is 10.1. The Kier molecular flexibility index (Phi) is 2.22. The van der Waals surface area contributed by atoms with Gasteiger partial charge in [0.25, 0.3) is 0 Å². The molecule has 0 aliphatic rings. The highest BCUT2D eigenvalue weighted by molar-refractivity contribution is 5.94. The molecule has 1 aromatic carbocycles. The van der Waals surface area contributed by atoms with Crippen LogP contribution in [0.15, 0.2) is 12.1 Å². The number of aryl methyl sites for hydroxylation is 1. The molecule has 0 aliphatic carbocycles. The topological polar surface area (TPSA) is 17.1 Å². The van der Waals surface area contributed by atoms with Gasteiger partial charge in [-0.15, -0.1) is 0 Å². The van der Waals surface area contributed by atoms with E-state index in [2.05, 4.69) is 0 Å². The minimum atomic E-state index is -0.792. The van der Waals surface area contributed by atoms with Crippen molar-refractivity contribution in [1.29, 1.82) is 0 Å². The summed E-state index contributed by atoms with van der Waals surface area (Å²) in [6, 6.07) is 2.28. The Balaban J connectivity index is 3.38. The summed E-state index contributed by atoms with van der Waals surface area (Å²) in [5.74, 6) is -2.18. The molecule has 0 aromatic heterocycles. The first kappa shape index (κ1) is 8.84. The molecule has 0 saturated heterocycles. The van der Waals surface area contributed by atoms with Gasteiger partial charge in [0.2, 0.25) is 0 Å². The molecule has 0 unspecified atom stereocenters. The summed E-state index contributed by atoms with van der Waals surface area (Å²) in [6.45, 7) is 2.70. The van der Waals surface area contributed by atoms with Crippen molar-refractivity contribution in [3.8, 4) is 0 Å². The Morgan fingerprint density at radius 2 is 1.67 bits per heavy atom. The molecule has 1 rings (SSSR count). The monoisotopic (exact) mass is 170 g/mol. The quantitative estimate of drug-likeness (QED) is 0.592. The van der Waals surface area contributed by atoms with Gasteiger partial charge in [0.1, 0.15) is 11.6 Å². The number of hydrogen-bond donors (Lipinski definition) is 0. The maximum Gasteiger partial charge on any atom is 0.165 e. The number of benzene rings is 1. The van der Waals surface area contributed by atoms with Crippen LogP contribution in [0.2, 0.25) is 0 Å². The molecule has 0 radical (unpaired) electrons. The van der Waals surface area contributed by atoms with Gasteiger partial charge in [-0.25, -0.2) is 8.78 Å². The lowest BCUT2D eigenvalue weighted by Gasteiger charge is -2.01. The van der Waals surface area contributed by atoms with E-state index in [9.17, 15) is 13.6 Å². The minimum Gasteiger partial charge on any atom is -0.294 e. The number of carbonyl (C=O) groups excluding carboxylic acids is 1. The molecule has 0 atom stereocenters. The number of Topliss-reactive ketones (excluding diaryl/α,β-unsaturated/α-hetero) is 1. The fraction of sp³-hybridized carbons (Fsp3) is 0.222. The van der Waals surface area contributed by atoms with Crippen molar-refractivity contribution in [1.82, 2.24) is 0 Å². The van der Waals surface area contributed by atoms with Crippen molar-refractivity contribution in [2.75, 3.05) is 0 Å². The van der Waals surface area contributed by atoms with Gasteiger partial charge >= 0.3 is 0 Å². The van der Waals surface area contributed by atoms with Crippen molar-refractivity contribution < 1.29 is 13.6 Å². The van der Waals surface area contributed by atoms with Crippen LogP contribution < -0.4 is 0 Å². The van der Waals surface area contributed by atoms with Crippen LogP contribution >= 0.6 is 0 Å². The normalized spacial score (nSPS) is 10.0. The summed E-state index contributed by atoms with van der Waals surface area (Å²) >= 11 is 0. The molecule has 1 nitrogen and oxygen atoms in total. The highest BCUT2D eigenvalue weighted by Gasteiger charge is 2.13. The summed E-state index contributed by atoms with van der Waals surface area (Å²) < 4.78 is 25.8. The summed E-state index contributed by atoms with van der Waals surface area (Å²) in [4.78, 5) is 10.7. The maximum atomic E-state index is 12.9. The molecular weight excluding hydrogens is 162 g/mol. The van der Waals surface area contributed by atoms with Crippen LogP contribution in [0.1, 0.15) is 22.8 Å². The van der Waals surface area contributed by atoms with E-state index in [0.717, 1.165) is 19.1 Å². The second-order valence-corrected chi connectivity index (χ2v) is 2.66. The summed E-state index contributed by atoms with van der Waals surface area (Å²) in [5, 5.41) is 0. The zero-order chi connectivity index (χ0) is 9.30. The van der Waals surface area contributed by atoms with Gasteiger partial charge in [-0.05, 0) is 31.5 Å². The minimum absolute atomic E-state index is 0.458. The Labute approximate surface area is 69.0 Å². The number of halogens is 2. The highest BCUT2D eigenvalue weighted by atomic mass is 19.1. The lowest BCUT2D eigenvalue weighted by molar-refractivity contribution is 0.101. The number of hydrogen-bond acceptors (Lipinski definition) is 1. The van der Waals surface area contributed by atoms with E-state index < -0.39 is 23.0 Å². The largest absolute Gasteiger partial charge is 0.294 e. The van der Waals surface area contributed by atoms with Gasteiger partial charge in [0.15, 0.2) is 5.78 Å². The second-order valence-electron chi connectivity index (χ2n) is 2.66. The van der Waals surface area contributed by atoms with Gasteiger partial charge in [0, 0.05) is 0 Å². The average molecular weight is 170 g/mol. The van der Waals surface area contributed by atoms with Crippen LogP contribution in [-0.2, 0) is 0 Å². The Morgan fingerprint density at radius 1 is 1.25 bits per heavy atom. The van der Waals surface area contributed by atoms with E-state index in [4.69, 9.17) is 0 Å². The van der Waals surface area contributed by atoms with E-state index in [-0.39, 0.29) is 0 Å². The molecule has 64 valence electrons. The molecule has 0 saturated carbocycles. The van der Waals surface area contributed by atoms with Crippen LogP contribution in [0, 0.1) is 18.6 Å². The smallest absolute Gasteiger partial charge is 0.165 e. The molecule has 0 N–H and O–H groups in total. The highest BCUT2D eigenvalue weighted by Crippen LogP contribution is 2.15. The van der Waals surface area contributed by atoms with Gasteiger partial charge < -0.3 is 0 Å². The molecule has 0 fully saturated rings. The van der Waals surface area contributed by atoms with E-state index in [1.807, 2.05) is 0 Å². The number of carbonyl (C=O) groups is 1.